The van der Waals surface area contributed by atoms with E-state index in [2.05, 4.69) is 39.4 Å². The van der Waals surface area contributed by atoms with Gasteiger partial charge < -0.3 is 18.1 Å². The van der Waals surface area contributed by atoms with Gasteiger partial charge in [0.05, 0.1) is 13.2 Å². The summed E-state index contributed by atoms with van der Waals surface area (Å²) in [6, 6.07) is 0.961. The number of hydrogen-bond acceptors (Lipinski definition) is 4. The van der Waals surface area contributed by atoms with Crippen LogP contribution >= 0.6 is 0 Å². The molecule has 132 valence electrons. The number of aliphatic hydroxyl groups is 1. The lowest BCUT2D eigenvalue weighted by Crippen LogP contribution is -2.53. The highest BCUT2D eigenvalue weighted by molar-refractivity contribution is 6.96. The Morgan fingerprint density at radius 2 is 1.43 bits per heavy atom. The molecule has 1 unspecified atom stereocenters. The van der Waals surface area contributed by atoms with Crippen molar-refractivity contribution in [3.8, 4) is 0 Å². The molecule has 0 bridgehead atoms. The maximum absolute atomic E-state index is 8.71. The van der Waals surface area contributed by atoms with Gasteiger partial charge in [-0.15, -0.1) is 26.3 Å². The lowest BCUT2D eigenvalue weighted by molar-refractivity contribution is 0.0924. The Hall–Kier alpha value is -0.549. The van der Waals surface area contributed by atoms with Crippen LogP contribution in [0.1, 0.15) is 6.42 Å². The Morgan fingerprint density at radius 3 is 1.87 bits per heavy atom. The monoisotopic (exact) mass is 372 g/mol. The molecule has 0 aliphatic rings. The van der Waals surface area contributed by atoms with Crippen molar-refractivity contribution in [3.05, 3.63) is 49.1 Å². The van der Waals surface area contributed by atoms with Crippen molar-refractivity contribution in [2.24, 2.45) is 0 Å². The Bertz CT molecular complexity index is 390. The van der Waals surface area contributed by atoms with E-state index in [1.807, 2.05) is 29.3 Å². The second-order valence-corrected chi connectivity index (χ2v) is 17.1. The average Bonchev–Trinajstić information content (AvgIpc) is 2.52. The molecule has 0 aromatic heterocycles. The summed E-state index contributed by atoms with van der Waals surface area (Å²) in [7, 11) is -6.85. The van der Waals surface area contributed by atoms with Gasteiger partial charge in [0.15, 0.2) is 8.32 Å². The molecular formula is C16H32O4Si3. The first-order chi connectivity index (χ1) is 10.7. The van der Waals surface area contributed by atoms with E-state index < -0.39 is 25.2 Å². The lowest BCUT2D eigenvalue weighted by Gasteiger charge is -2.38. The first-order valence-electron chi connectivity index (χ1n) is 7.85. The van der Waals surface area contributed by atoms with E-state index in [-0.39, 0.29) is 6.61 Å². The summed E-state index contributed by atoms with van der Waals surface area (Å²) in [6.45, 7) is 23.0. The van der Waals surface area contributed by atoms with Crippen LogP contribution in [0.4, 0.5) is 0 Å². The molecule has 0 aromatic carbocycles. The van der Waals surface area contributed by atoms with Crippen LogP contribution in [0.25, 0.3) is 0 Å². The van der Waals surface area contributed by atoms with Crippen LogP contribution in [-0.4, -0.2) is 50.1 Å². The molecule has 0 aromatic rings. The van der Waals surface area contributed by atoms with Gasteiger partial charge in [0.1, 0.15) is 0 Å². The van der Waals surface area contributed by atoms with E-state index >= 15 is 0 Å². The largest absolute Gasteiger partial charge is 0.433 e. The third kappa shape index (κ3) is 8.20. The summed E-state index contributed by atoms with van der Waals surface area (Å²) in [5, 5.41) is 8.71. The number of rotatable bonds is 14. The molecule has 7 heteroatoms. The zero-order valence-corrected chi connectivity index (χ0v) is 17.8. The number of ether oxygens (including phenoxy) is 1. The Labute approximate surface area is 144 Å². The SMILES string of the molecule is C=C[Si](C=C)(C=C)O[Si](C)(C=C)O[Si](C)(C)CCCOCCO. The maximum atomic E-state index is 8.71. The summed E-state index contributed by atoms with van der Waals surface area (Å²) >= 11 is 0. The van der Waals surface area contributed by atoms with Gasteiger partial charge in [-0.1, -0.05) is 22.8 Å². The zero-order chi connectivity index (χ0) is 18.0. The minimum Gasteiger partial charge on any atom is -0.433 e. The Kier molecular flexibility index (Phi) is 10.1. The van der Waals surface area contributed by atoms with Gasteiger partial charge in [0, 0.05) is 6.61 Å². The van der Waals surface area contributed by atoms with Crippen molar-refractivity contribution in [2.45, 2.75) is 32.1 Å². The van der Waals surface area contributed by atoms with Gasteiger partial charge in [-0.05, 0) is 32.1 Å². The Morgan fingerprint density at radius 1 is 0.870 bits per heavy atom. The molecule has 0 saturated heterocycles. The van der Waals surface area contributed by atoms with E-state index in [1.54, 1.807) is 0 Å². The topological polar surface area (TPSA) is 47.9 Å². The standard InChI is InChI=1S/C16H32O4Si3/c1-8-22(7,20-23(9-2,10-3)11-4)19-21(5,6)16-12-14-18-15-13-17/h8-11,17H,1-4,12-16H2,5-7H3. The van der Waals surface area contributed by atoms with Gasteiger partial charge in [0.2, 0.25) is 0 Å². The van der Waals surface area contributed by atoms with E-state index in [0.29, 0.717) is 13.2 Å². The van der Waals surface area contributed by atoms with E-state index in [4.69, 9.17) is 18.1 Å². The molecule has 0 fully saturated rings. The molecule has 0 aliphatic heterocycles. The van der Waals surface area contributed by atoms with Crippen molar-refractivity contribution in [1.82, 2.24) is 0 Å². The predicted molar refractivity (Wildman–Crippen MR) is 105 cm³/mol. The molecule has 4 nitrogen and oxygen atoms in total. The first kappa shape index (κ1) is 22.5. The minimum atomic E-state index is -2.54. The molecule has 0 heterocycles. The van der Waals surface area contributed by atoms with Gasteiger partial charge in [-0.3, -0.25) is 0 Å². The van der Waals surface area contributed by atoms with Crippen molar-refractivity contribution in [2.75, 3.05) is 19.8 Å². The first-order valence-corrected chi connectivity index (χ1v) is 15.5. The fraction of sp³-hybridized carbons (Fsp3) is 0.500. The highest BCUT2D eigenvalue weighted by atomic mass is 28.5. The summed E-state index contributed by atoms with van der Waals surface area (Å²) in [4.78, 5) is 0. The Balaban J connectivity index is 4.81. The summed E-state index contributed by atoms with van der Waals surface area (Å²) < 4.78 is 18.1. The van der Waals surface area contributed by atoms with E-state index in [0.717, 1.165) is 12.5 Å². The molecule has 0 spiro atoms. The molecule has 0 amide bonds. The van der Waals surface area contributed by atoms with Crippen LogP contribution in [0, 0.1) is 0 Å². The smallest absolute Gasteiger partial charge is 0.341 e. The molecular weight excluding hydrogens is 340 g/mol. The van der Waals surface area contributed by atoms with Crippen LogP contribution in [-0.2, 0) is 13.0 Å². The van der Waals surface area contributed by atoms with E-state index in [9.17, 15) is 0 Å². The number of aliphatic hydroxyl groups excluding tert-OH is 1. The van der Waals surface area contributed by atoms with Gasteiger partial charge in [0.25, 0.3) is 8.32 Å². The molecule has 1 atom stereocenters. The molecule has 0 saturated carbocycles. The number of hydrogen-bond donors (Lipinski definition) is 1. The fourth-order valence-corrected chi connectivity index (χ4v) is 13.5. The summed E-state index contributed by atoms with van der Waals surface area (Å²) in [5.74, 6) is 0. The molecule has 23 heavy (non-hydrogen) atoms. The van der Waals surface area contributed by atoms with Crippen LogP contribution < -0.4 is 0 Å². The fourth-order valence-electron chi connectivity index (χ4n) is 2.20. The third-order valence-electron chi connectivity index (χ3n) is 3.49. The van der Waals surface area contributed by atoms with Crippen molar-refractivity contribution in [1.29, 1.82) is 0 Å². The quantitative estimate of drug-likeness (QED) is 0.374. The van der Waals surface area contributed by atoms with Gasteiger partial charge >= 0.3 is 8.56 Å². The van der Waals surface area contributed by atoms with Crippen LogP contribution in [0.15, 0.2) is 49.1 Å². The minimum absolute atomic E-state index is 0.0595. The van der Waals surface area contributed by atoms with E-state index in [1.165, 1.54) is 0 Å². The highest BCUT2D eigenvalue weighted by Crippen LogP contribution is 2.25. The van der Waals surface area contributed by atoms with Crippen molar-refractivity contribution >= 4 is 25.2 Å². The maximum Gasteiger partial charge on any atom is 0.341 e. The van der Waals surface area contributed by atoms with Crippen LogP contribution in [0.5, 0.6) is 0 Å². The van der Waals surface area contributed by atoms with Gasteiger partial charge in [-0.25, -0.2) is 0 Å². The van der Waals surface area contributed by atoms with Crippen molar-refractivity contribution < 1.29 is 18.1 Å². The zero-order valence-electron chi connectivity index (χ0n) is 14.8. The highest BCUT2D eigenvalue weighted by Gasteiger charge is 2.41. The molecule has 0 aliphatic carbocycles. The average molecular weight is 373 g/mol. The molecule has 0 radical (unpaired) electrons. The van der Waals surface area contributed by atoms with Crippen LogP contribution in [0.2, 0.25) is 25.7 Å². The summed E-state index contributed by atoms with van der Waals surface area (Å²) in [6.07, 6.45) is 0.911. The van der Waals surface area contributed by atoms with Gasteiger partial charge in [-0.2, -0.15) is 0 Å². The lowest BCUT2D eigenvalue weighted by atomic mass is 10.5. The van der Waals surface area contributed by atoms with Crippen molar-refractivity contribution in [3.63, 3.8) is 0 Å². The molecule has 0 rings (SSSR count). The predicted octanol–water partition coefficient (Wildman–Crippen LogP) is 3.54. The second kappa shape index (κ2) is 10.3. The third-order valence-corrected chi connectivity index (χ3v) is 14.6. The van der Waals surface area contributed by atoms with Crippen LogP contribution in [0.3, 0.4) is 0 Å². The second-order valence-electron chi connectivity index (χ2n) is 6.09. The summed E-state index contributed by atoms with van der Waals surface area (Å²) in [5.41, 5.74) is 7.25. The normalized spacial score (nSPS) is 14.8. The molecule has 1 N–H and O–H groups in total.